The zero-order valence-electron chi connectivity index (χ0n) is 16.0. The molecule has 0 N–H and O–H groups in total. The van der Waals surface area contributed by atoms with Gasteiger partial charge < -0.3 is 19.1 Å². The molecule has 1 aliphatic rings. The van der Waals surface area contributed by atoms with Crippen LogP contribution in [0.25, 0.3) is 0 Å². The highest BCUT2D eigenvalue weighted by Crippen LogP contribution is 2.28. The molecule has 5 heteroatoms. The summed E-state index contributed by atoms with van der Waals surface area (Å²) in [6.45, 7) is 2.87. The average molecular weight is 369 g/mol. The first-order valence-corrected chi connectivity index (χ1v) is 9.39. The number of hydrogen-bond donors (Lipinski definition) is 0. The van der Waals surface area contributed by atoms with Gasteiger partial charge in [0.25, 0.3) is 0 Å². The molecule has 0 radical (unpaired) electrons. The second-order valence-corrected chi connectivity index (χ2v) is 6.75. The first-order valence-electron chi connectivity index (χ1n) is 9.39. The molecule has 0 aromatic heterocycles. The zero-order valence-corrected chi connectivity index (χ0v) is 16.0. The Hall–Kier alpha value is -2.53. The third kappa shape index (κ3) is 5.23. The van der Waals surface area contributed by atoms with Gasteiger partial charge in [0, 0.05) is 19.6 Å². The number of methoxy groups -OCH3 is 2. The van der Waals surface area contributed by atoms with E-state index >= 15 is 0 Å². The Balaban J connectivity index is 1.44. The molecule has 0 saturated carbocycles. The molecular formula is C22H27NO4. The van der Waals surface area contributed by atoms with Gasteiger partial charge in [-0.3, -0.25) is 0 Å². The Morgan fingerprint density at radius 3 is 2.37 bits per heavy atom. The molecule has 1 heterocycles. The van der Waals surface area contributed by atoms with Crippen molar-refractivity contribution < 1.29 is 19.0 Å². The lowest BCUT2D eigenvalue weighted by atomic mass is 10.1. The fourth-order valence-corrected chi connectivity index (χ4v) is 3.37. The largest absolute Gasteiger partial charge is 0.493 e. The van der Waals surface area contributed by atoms with E-state index in [-0.39, 0.29) is 12.1 Å². The third-order valence-corrected chi connectivity index (χ3v) is 4.98. The summed E-state index contributed by atoms with van der Waals surface area (Å²) in [7, 11) is 3.30. The predicted molar refractivity (Wildman–Crippen MR) is 105 cm³/mol. The van der Waals surface area contributed by atoms with Crippen LogP contribution in [0, 0.1) is 0 Å². The van der Waals surface area contributed by atoms with E-state index in [0.29, 0.717) is 5.56 Å². The number of piperidine rings is 1. The van der Waals surface area contributed by atoms with Crippen molar-refractivity contribution in [2.75, 3.05) is 33.9 Å². The van der Waals surface area contributed by atoms with E-state index in [1.165, 1.54) is 5.56 Å². The van der Waals surface area contributed by atoms with Crippen molar-refractivity contribution in [3.63, 3.8) is 0 Å². The van der Waals surface area contributed by atoms with Gasteiger partial charge in [0.05, 0.1) is 19.8 Å². The van der Waals surface area contributed by atoms with Gasteiger partial charge in [-0.05, 0) is 49.1 Å². The SMILES string of the molecule is COc1ccc(CCN2CCC(OC(=O)c3ccccc3)CC2)cc1OC. The summed E-state index contributed by atoms with van der Waals surface area (Å²) in [5, 5.41) is 0. The van der Waals surface area contributed by atoms with Crippen molar-refractivity contribution in [2.24, 2.45) is 0 Å². The van der Waals surface area contributed by atoms with Crippen LogP contribution in [-0.4, -0.2) is 50.8 Å². The summed E-state index contributed by atoms with van der Waals surface area (Å²) in [5.41, 5.74) is 1.85. The summed E-state index contributed by atoms with van der Waals surface area (Å²) in [4.78, 5) is 14.6. The maximum absolute atomic E-state index is 12.2. The molecule has 0 unspecified atom stereocenters. The van der Waals surface area contributed by atoms with Crippen LogP contribution in [0.15, 0.2) is 48.5 Å². The van der Waals surface area contributed by atoms with E-state index in [2.05, 4.69) is 11.0 Å². The number of carbonyl (C=O) groups is 1. The lowest BCUT2D eigenvalue weighted by Gasteiger charge is -2.31. The smallest absolute Gasteiger partial charge is 0.338 e. The summed E-state index contributed by atoms with van der Waals surface area (Å²) >= 11 is 0. The van der Waals surface area contributed by atoms with Gasteiger partial charge in [0.1, 0.15) is 6.10 Å². The van der Waals surface area contributed by atoms with Gasteiger partial charge in [-0.1, -0.05) is 24.3 Å². The minimum Gasteiger partial charge on any atom is -0.493 e. The molecule has 0 spiro atoms. The van der Waals surface area contributed by atoms with Crippen molar-refractivity contribution in [3.05, 3.63) is 59.7 Å². The summed E-state index contributed by atoms with van der Waals surface area (Å²) in [6.07, 6.45) is 2.72. The maximum atomic E-state index is 12.2. The third-order valence-electron chi connectivity index (χ3n) is 4.98. The first kappa shape index (κ1) is 19.2. The summed E-state index contributed by atoms with van der Waals surface area (Å²) < 4.78 is 16.3. The van der Waals surface area contributed by atoms with Gasteiger partial charge in [-0.2, -0.15) is 0 Å². The Bertz CT molecular complexity index is 739. The van der Waals surface area contributed by atoms with Gasteiger partial charge in [0.2, 0.25) is 0 Å². The fraction of sp³-hybridized carbons (Fsp3) is 0.409. The number of carbonyl (C=O) groups excluding carboxylic acids is 1. The van der Waals surface area contributed by atoms with Crippen molar-refractivity contribution in [1.29, 1.82) is 0 Å². The average Bonchev–Trinajstić information content (AvgIpc) is 2.73. The molecule has 0 bridgehead atoms. The van der Waals surface area contributed by atoms with E-state index in [1.54, 1.807) is 26.4 Å². The van der Waals surface area contributed by atoms with Gasteiger partial charge in [-0.15, -0.1) is 0 Å². The zero-order chi connectivity index (χ0) is 19.1. The minimum atomic E-state index is -0.223. The lowest BCUT2D eigenvalue weighted by molar-refractivity contribution is 0.0115. The van der Waals surface area contributed by atoms with Gasteiger partial charge >= 0.3 is 5.97 Å². The van der Waals surface area contributed by atoms with E-state index in [4.69, 9.17) is 14.2 Å². The number of hydrogen-bond acceptors (Lipinski definition) is 5. The van der Waals surface area contributed by atoms with Crippen molar-refractivity contribution in [3.8, 4) is 11.5 Å². The quantitative estimate of drug-likeness (QED) is 0.699. The molecule has 0 amide bonds. The molecule has 0 atom stereocenters. The Labute approximate surface area is 160 Å². The standard InChI is InChI=1S/C22H27NO4/c1-25-20-9-8-17(16-21(20)26-2)10-13-23-14-11-19(12-15-23)27-22(24)18-6-4-3-5-7-18/h3-9,16,19H,10-15H2,1-2H3. The molecular weight excluding hydrogens is 342 g/mol. The molecule has 0 aliphatic carbocycles. The van der Waals surface area contributed by atoms with Crippen molar-refractivity contribution in [2.45, 2.75) is 25.4 Å². The van der Waals surface area contributed by atoms with Crippen LogP contribution in [-0.2, 0) is 11.2 Å². The minimum absolute atomic E-state index is 0.00929. The number of likely N-dealkylation sites (tertiary alicyclic amines) is 1. The van der Waals surface area contributed by atoms with Crippen molar-refractivity contribution >= 4 is 5.97 Å². The summed E-state index contributed by atoms with van der Waals surface area (Å²) in [6, 6.07) is 15.3. The van der Waals surface area contributed by atoms with E-state index in [9.17, 15) is 4.79 Å². The van der Waals surface area contributed by atoms with Crippen LogP contribution >= 0.6 is 0 Å². The molecule has 144 valence electrons. The Morgan fingerprint density at radius 2 is 1.70 bits per heavy atom. The Morgan fingerprint density at radius 1 is 1.00 bits per heavy atom. The molecule has 2 aromatic rings. The highest BCUT2D eigenvalue weighted by Gasteiger charge is 2.22. The van der Waals surface area contributed by atoms with E-state index in [1.807, 2.05) is 30.3 Å². The van der Waals surface area contributed by atoms with Crippen LogP contribution in [0.1, 0.15) is 28.8 Å². The first-order chi connectivity index (χ1) is 13.2. The number of nitrogens with zero attached hydrogens (tertiary/aromatic N) is 1. The van der Waals surface area contributed by atoms with Gasteiger partial charge in [0.15, 0.2) is 11.5 Å². The van der Waals surface area contributed by atoms with Gasteiger partial charge in [-0.25, -0.2) is 4.79 Å². The molecule has 3 rings (SSSR count). The topological polar surface area (TPSA) is 48.0 Å². The monoisotopic (exact) mass is 369 g/mol. The van der Waals surface area contributed by atoms with Crippen molar-refractivity contribution in [1.82, 2.24) is 4.90 Å². The maximum Gasteiger partial charge on any atom is 0.338 e. The molecule has 1 aliphatic heterocycles. The highest BCUT2D eigenvalue weighted by molar-refractivity contribution is 5.89. The number of benzene rings is 2. The van der Waals surface area contributed by atoms with E-state index < -0.39 is 0 Å². The normalized spacial score (nSPS) is 15.3. The number of rotatable bonds is 7. The van der Waals surface area contributed by atoms with E-state index in [0.717, 1.165) is 50.4 Å². The molecule has 5 nitrogen and oxygen atoms in total. The predicted octanol–water partition coefficient (Wildman–Crippen LogP) is 3.57. The second-order valence-electron chi connectivity index (χ2n) is 6.75. The number of esters is 1. The van der Waals surface area contributed by atoms with Crippen LogP contribution in [0.3, 0.4) is 0 Å². The van der Waals surface area contributed by atoms with Crippen LogP contribution < -0.4 is 9.47 Å². The van der Waals surface area contributed by atoms with Crippen LogP contribution in [0.5, 0.6) is 11.5 Å². The Kier molecular flexibility index (Phi) is 6.71. The molecule has 1 fully saturated rings. The lowest BCUT2D eigenvalue weighted by Crippen LogP contribution is -2.38. The van der Waals surface area contributed by atoms with Crippen LogP contribution in [0.4, 0.5) is 0 Å². The molecule has 27 heavy (non-hydrogen) atoms. The summed E-state index contributed by atoms with van der Waals surface area (Å²) in [5.74, 6) is 1.29. The molecule has 1 saturated heterocycles. The fourth-order valence-electron chi connectivity index (χ4n) is 3.37. The molecule has 2 aromatic carbocycles. The number of ether oxygens (including phenoxy) is 3. The van der Waals surface area contributed by atoms with Crippen LogP contribution in [0.2, 0.25) is 0 Å². The second kappa shape index (κ2) is 9.42. The highest BCUT2D eigenvalue weighted by atomic mass is 16.5.